The van der Waals surface area contributed by atoms with Crippen LogP contribution in [0.25, 0.3) is 0 Å². The largest absolute Gasteiger partial charge is 0.354 e. The van der Waals surface area contributed by atoms with E-state index in [0.717, 1.165) is 25.1 Å². The number of hydrogen-bond acceptors (Lipinski definition) is 5. The molecule has 0 saturated heterocycles. The van der Waals surface area contributed by atoms with E-state index < -0.39 is 0 Å². The third kappa shape index (κ3) is 5.37. The van der Waals surface area contributed by atoms with Gasteiger partial charge in [-0.05, 0) is 36.6 Å². The van der Waals surface area contributed by atoms with E-state index in [1.807, 2.05) is 36.4 Å². The number of benzene rings is 1. The first kappa shape index (κ1) is 17.5. The molecule has 6 heteroatoms. The minimum atomic E-state index is -0.245. The Morgan fingerprint density at radius 1 is 0.923 bits per heavy atom. The maximum atomic E-state index is 12.2. The fourth-order valence-electron chi connectivity index (χ4n) is 2.47. The second-order valence-corrected chi connectivity index (χ2v) is 5.79. The fourth-order valence-corrected chi connectivity index (χ4v) is 2.47. The van der Waals surface area contributed by atoms with Crippen LogP contribution in [0.2, 0.25) is 0 Å². The summed E-state index contributed by atoms with van der Waals surface area (Å²) in [5.41, 5.74) is 2.44. The van der Waals surface area contributed by atoms with Crippen LogP contribution < -0.4 is 10.6 Å². The highest BCUT2D eigenvalue weighted by atomic mass is 16.1. The predicted octanol–water partition coefficient (Wildman–Crippen LogP) is 2.85. The Bertz CT molecular complexity index is 824. The molecule has 0 spiro atoms. The zero-order valence-corrected chi connectivity index (χ0v) is 14.4. The van der Waals surface area contributed by atoms with Gasteiger partial charge in [-0.25, -0.2) is 9.97 Å². The van der Waals surface area contributed by atoms with Crippen LogP contribution in [-0.4, -0.2) is 27.4 Å². The van der Waals surface area contributed by atoms with Gasteiger partial charge >= 0.3 is 0 Å². The molecular weight excluding hydrogens is 326 g/mol. The summed E-state index contributed by atoms with van der Waals surface area (Å²) in [4.78, 5) is 24.9. The maximum Gasteiger partial charge on any atom is 0.270 e. The number of nitrogens with zero attached hydrogens (tertiary/aromatic N) is 3. The summed E-state index contributed by atoms with van der Waals surface area (Å²) in [6, 6.07) is 17.5. The highest BCUT2D eigenvalue weighted by Crippen LogP contribution is 2.05. The standard InChI is InChI=1S/C20H21N5O/c26-19(24-15-17-10-4-5-12-21-17)18-11-14-23-20(25-18)22-13-6-9-16-7-2-1-3-8-16/h1-5,7-8,10-12,14H,6,9,13,15H2,(H,24,26)(H,22,23,25). The van der Waals surface area contributed by atoms with Gasteiger partial charge in [0.25, 0.3) is 5.91 Å². The molecule has 2 aromatic heterocycles. The van der Waals surface area contributed by atoms with Crippen LogP contribution in [0, 0.1) is 0 Å². The van der Waals surface area contributed by atoms with E-state index in [9.17, 15) is 4.79 Å². The third-order valence-corrected chi connectivity index (χ3v) is 3.81. The molecule has 0 unspecified atom stereocenters. The lowest BCUT2D eigenvalue weighted by Gasteiger charge is -2.07. The summed E-state index contributed by atoms with van der Waals surface area (Å²) in [7, 11) is 0. The van der Waals surface area contributed by atoms with Crippen molar-refractivity contribution in [2.45, 2.75) is 19.4 Å². The zero-order chi connectivity index (χ0) is 18.0. The molecule has 6 nitrogen and oxygen atoms in total. The monoisotopic (exact) mass is 347 g/mol. The first-order valence-electron chi connectivity index (χ1n) is 8.60. The quantitative estimate of drug-likeness (QED) is 0.613. The summed E-state index contributed by atoms with van der Waals surface area (Å²) in [5.74, 6) is 0.217. The molecule has 0 aliphatic rings. The zero-order valence-electron chi connectivity index (χ0n) is 14.4. The number of amides is 1. The Kier molecular flexibility index (Phi) is 6.25. The molecule has 0 atom stereocenters. The van der Waals surface area contributed by atoms with Crippen LogP contribution in [-0.2, 0) is 13.0 Å². The van der Waals surface area contributed by atoms with Gasteiger partial charge in [-0.1, -0.05) is 36.4 Å². The Hall–Kier alpha value is -3.28. The van der Waals surface area contributed by atoms with Crippen molar-refractivity contribution in [1.29, 1.82) is 0 Å². The highest BCUT2D eigenvalue weighted by molar-refractivity contribution is 5.92. The smallest absolute Gasteiger partial charge is 0.270 e. The molecule has 0 aliphatic carbocycles. The van der Waals surface area contributed by atoms with E-state index in [2.05, 4.69) is 37.7 Å². The van der Waals surface area contributed by atoms with Gasteiger partial charge in [-0.2, -0.15) is 0 Å². The Balaban J connectivity index is 1.47. The fraction of sp³-hybridized carbons (Fsp3) is 0.200. The average Bonchev–Trinajstić information content (AvgIpc) is 2.71. The van der Waals surface area contributed by atoms with Crippen molar-refractivity contribution in [2.24, 2.45) is 0 Å². The molecule has 1 amide bonds. The molecule has 26 heavy (non-hydrogen) atoms. The van der Waals surface area contributed by atoms with E-state index in [1.165, 1.54) is 5.56 Å². The van der Waals surface area contributed by atoms with Crippen molar-refractivity contribution < 1.29 is 4.79 Å². The molecule has 0 fully saturated rings. The molecule has 0 bridgehead atoms. The average molecular weight is 347 g/mol. The van der Waals surface area contributed by atoms with Crippen LogP contribution in [0.5, 0.6) is 0 Å². The molecule has 132 valence electrons. The molecule has 3 aromatic rings. The second-order valence-electron chi connectivity index (χ2n) is 5.79. The number of nitrogens with one attached hydrogen (secondary N) is 2. The van der Waals surface area contributed by atoms with Crippen molar-refractivity contribution in [3.63, 3.8) is 0 Å². The number of hydrogen-bond donors (Lipinski definition) is 2. The SMILES string of the molecule is O=C(NCc1ccccn1)c1ccnc(NCCCc2ccccc2)n1. The number of carbonyl (C=O) groups excluding carboxylic acids is 1. The van der Waals surface area contributed by atoms with E-state index in [0.29, 0.717) is 18.2 Å². The normalized spacial score (nSPS) is 10.3. The van der Waals surface area contributed by atoms with Crippen molar-refractivity contribution in [1.82, 2.24) is 20.3 Å². The molecule has 3 rings (SSSR count). The number of pyridine rings is 1. The van der Waals surface area contributed by atoms with Gasteiger partial charge in [0.15, 0.2) is 0 Å². The Labute approximate surface area is 152 Å². The van der Waals surface area contributed by atoms with Crippen molar-refractivity contribution in [3.8, 4) is 0 Å². The number of anilines is 1. The summed E-state index contributed by atoms with van der Waals surface area (Å²) in [5, 5.41) is 5.98. The molecule has 0 saturated carbocycles. The molecule has 0 aliphatic heterocycles. The van der Waals surface area contributed by atoms with E-state index >= 15 is 0 Å². The summed E-state index contributed by atoms with van der Waals surface area (Å²) in [6.45, 7) is 1.11. The lowest BCUT2D eigenvalue weighted by atomic mass is 10.1. The van der Waals surface area contributed by atoms with Gasteiger partial charge < -0.3 is 10.6 Å². The van der Waals surface area contributed by atoms with Crippen LogP contribution in [0.4, 0.5) is 5.95 Å². The number of rotatable bonds is 8. The van der Waals surface area contributed by atoms with Gasteiger partial charge in [0.05, 0.1) is 12.2 Å². The summed E-state index contributed by atoms with van der Waals surface area (Å²) in [6.07, 6.45) is 5.23. The van der Waals surface area contributed by atoms with Gasteiger partial charge in [0.1, 0.15) is 5.69 Å². The predicted molar refractivity (Wildman–Crippen MR) is 101 cm³/mol. The molecular formula is C20H21N5O. The van der Waals surface area contributed by atoms with Crippen molar-refractivity contribution in [2.75, 3.05) is 11.9 Å². The minimum Gasteiger partial charge on any atom is -0.354 e. The highest BCUT2D eigenvalue weighted by Gasteiger charge is 2.08. The molecule has 2 N–H and O–H groups in total. The van der Waals surface area contributed by atoms with Crippen molar-refractivity contribution >= 4 is 11.9 Å². The van der Waals surface area contributed by atoms with Crippen LogP contribution in [0.3, 0.4) is 0 Å². The number of aromatic nitrogens is 3. The molecule has 1 aromatic carbocycles. The van der Waals surface area contributed by atoms with Crippen molar-refractivity contribution in [3.05, 3.63) is 83.9 Å². The summed E-state index contributed by atoms with van der Waals surface area (Å²) < 4.78 is 0. The first-order valence-corrected chi connectivity index (χ1v) is 8.60. The van der Waals surface area contributed by atoms with Crippen LogP contribution in [0.1, 0.15) is 28.2 Å². The van der Waals surface area contributed by atoms with Gasteiger partial charge in [0.2, 0.25) is 5.95 Å². The summed E-state index contributed by atoms with van der Waals surface area (Å²) >= 11 is 0. The van der Waals surface area contributed by atoms with Crippen LogP contribution in [0.15, 0.2) is 67.0 Å². The molecule has 0 radical (unpaired) electrons. The molecule has 2 heterocycles. The first-order chi connectivity index (χ1) is 12.8. The number of carbonyl (C=O) groups is 1. The van der Waals surface area contributed by atoms with E-state index in [-0.39, 0.29) is 5.91 Å². The van der Waals surface area contributed by atoms with E-state index in [4.69, 9.17) is 0 Å². The van der Waals surface area contributed by atoms with Gasteiger partial charge in [-0.3, -0.25) is 9.78 Å². The lowest BCUT2D eigenvalue weighted by Crippen LogP contribution is -2.24. The lowest BCUT2D eigenvalue weighted by molar-refractivity contribution is 0.0945. The Morgan fingerprint density at radius 2 is 1.77 bits per heavy atom. The minimum absolute atomic E-state index is 0.245. The number of aryl methyl sites for hydroxylation is 1. The van der Waals surface area contributed by atoms with Crippen LogP contribution >= 0.6 is 0 Å². The topological polar surface area (TPSA) is 79.8 Å². The maximum absolute atomic E-state index is 12.2. The second kappa shape index (κ2) is 9.27. The van der Waals surface area contributed by atoms with Gasteiger partial charge in [0, 0.05) is 18.9 Å². The van der Waals surface area contributed by atoms with E-state index in [1.54, 1.807) is 18.5 Å². The third-order valence-electron chi connectivity index (χ3n) is 3.81. The van der Waals surface area contributed by atoms with Gasteiger partial charge in [-0.15, -0.1) is 0 Å². The Morgan fingerprint density at radius 3 is 2.58 bits per heavy atom.